The third-order valence-electron chi connectivity index (χ3n) is 3.19. The molecule has 1 aromatic carbocycles. The van der Waals surface area contributed by atoms with Crippen LogP contribution in [0.15, 0.2) is 18.2 Å². The van der Waals surface area contributed by atoms with Gasteiger partial charge in [0.2, 0.25) is 0 Å². The number of para-hydroxylation sites is 1. The number of carbonyl (C=O) groups excluding carboxylic acids is 1. The molecule has 1 aliphatic heterocycles. The summed E-state index contributed by atoms with van der Waals surface area (Å²) in [4.78, 5) is 14.5. The van der Waals surface area contributed by atoms with Crippen LogP contribution in [-0.4, -0.2) is 41.5 Å². The molecule has 1 aliphatic rings. The molecule has 5 heteroatoms. The van der Waals surface area contributed by atoms with Crippen molar-refractivity contribution in [2.75, 3.05) is 30.4 Å². The van der Waals surface area contributed by atoms with Crippen molar-refractivity contribution in [3.8, 4) is 5.75 Å². The molecule has 1 unspecified atom stereocenters. The van der Waals surface area contributed by atoms with E-state index in [0.717, 1.165) is 18.1 Å². The van der Waals surface area contributed by atoms with Gasteiger partial charge < -0.3 is 15.4 Å². The molecule has 0 aromatic heterocycles. The summed E-state index contributed by atoms with van der Waals surface area (Å²) in [5, 5.41) is 0. The number of benzene rings is 1. The first-order valence-electron chi connectivity index (χ1n) is 6.55. The zero-order chi connectivity index (χ0) is 13.8. The molecule has 1 fully saturated rings. The molecule has 1 aromatic rings. The molecule has 4 nitrogen and oxygen atoms in total. The molecule has 1 atom stereocenters. The summed E-state index contributed by atoms with van der Waals surface area (Å²) >= 11 is 1.89. The minimum atomic E-state index is 0.0172. The average molecular weight is 280 g/mol. The van der Waals surface area contributed by atoms with Crippen LogP contribution in [0, 0.1) is 0 Å². The van der Waals surface area contributed by atoms with Crippen molar-refractivity contribution in [2.24, 2.45) is 0 Å². The number of thioether (sulfide) groups is 1. The summed E-state index contributed by atoms with van der Waals surface area (Å²) in [5.74, 6) is 2.50. The molecule has 1 heterocycles. The normalized spacial score (nSPS) is 19.3. The molecule has 0 radical (unpaired) electrons. The summed E-state index contributed by atoms with van der Waals surface area (Å²) in [6.45, 7) is 5.25. The van der Waals surface area contributed by atoms with Gasteiger partial charge in [-0.15, -0.1) is 0 Å². The van der Waals surface area contributed by atoms with Gasteiger partial charge in [-0.1, -0.05) is 6.07 Å². The van der Waals surface area contributed by atoms with Crippen LogP contribution in [0.1, 0.15) is 24.2 Å². The molecule has 1 amide bonds. The molecule has 0 spiro atoms. The number of carbonyl (C=O) groups is 1. The highest BCUT2D eigenvalue weighted by molar-refractivity contribution is 7.99. The first kappa shape index (κ1) is 14.1. The number of nitrogens with two attached hydrogens (primary N) is 1. The number of hydrogen-bond donors (Lipinski definition) is 1. The predicted molar refractivity (Wildman–Crippen MR) is 79.8 cm³/mol. The standard InChI is InChI=1S/C14H20N2O2S/c1-3-18-13-11(5-4-6-12(13)15)14(17)16-7-8-19-9-10(16)2/h4-6,10H,3,7-9,15H2,1-2H3. The molecule has 2 N–H and O–H groups in total. The molecule has 19 heavy (non-hydrogen) atoms. The number of rotatable bonds is 3. The Labute approximate surface area is 118 Å². The van der Waals surface area contributed by atoms with Crippen molar-refractivity contribution in [3.05, 3.63) is 23.8 Å². The number of ether oxygens (including phenoxy) is 1. The average Bonchev–Trinajstić information content (AvgIpc) is 2.41. The first-order valence-corrected chi connectivity index (χ1v) is 7.70. The maximum atomic E-state index is 12.6. The summed E-state index contributed by atoms with van der Waals surface area (Å²) < 4.78 is 5.54. The number of amides is 1. The van der Waals surface area contributed by atoms with Gasteiger partial charge in [0.25, 0.3) is 5.91 Å². The fourth-order valence-electron chi connectivity index (χ4n) is 2.21. The SMILES string of the molecule is CCOc1c(N)cccc1C(=O)N1CCSCC1C. The van der Waals surface area contributed by atoms with E-state index in [-0.39, 0.29) is 11.9 Å². The van der Waals surface area contributed by atoms with Crippen LogP contribution in [0.4, 0.5) is 5.69 Å². The third-order valence-corrected chi connectivity index (χ3v) is 4.38. The van der Waals surface area contributed by atoms with Crippen LogP contribution >= 0.6 is 11.8 Å². The lowest BCUT2D eigenvalue weighted by molar-refractivity contribution is 0.0712. The van der Waals surface area contributed by atoms with Gasteiger partial charge in [0, 0.05) is 24.1 Å². The van der Waals surface area contributed by atoms with Crippen LogP contribution in [0.3, 0.4) is 0 Å². The van der Waals surface area contributed by atoms with Gasteiger partial charge in [0.1, 0.15) is 0 Å². The number of anilines is 1. The lowest BCUT2D eigenvalue weighted by Crippen LogP contribution is -2.44. The van der Waals surface area contributed by atoms with Crippen LogP contribution in [-0.2, 0) is 0 Å². The van der Waals surface area contributed by atoms with Crippen molar-refractivity contribution < 1.29 is 9.53 Å². The zero-order valence-electron chi connectivity index (χ0n) is 11.4. The maximum absolute atomic E-state index is 12.6. The monoisotopic (exact) mass is 280 g/mol. The predicted octanol–water partition coefficient (Wildman–Crippen LogP) is 2.25. The van der Waals surface area contributed by atoms with Gasteiger partial charge in [0.05, 0.1) is 17.9 Å². The Kier molecular flexibility index (Phi) is 4.58. The largest absolute Gasteiger partial charge is 0.491 e. The van der Waals surface area contributed by atoms with E-state index in [0.29, 0.717) is 23.6 Å². The Hall–Kier alpha value is -1.36. The van der Waals surface area contributed by atoms with Crippen molar-refractivity contribution >= 4 is 23.4 Å². The minimum Gasteiger partial charge on any atom is -0.491 e. The quantitative estimate of drug-likeness (QED) is 0.863. The lowest BCUT2D eigenvalue weighted by atomic mass is 10.1. The molecule has 0 bridgehead atoms. The number of nitrogen functional groups attached to an aromatic ring is 1. The topological polar surface area (TPSA) is 55.6 Å². The maximum Gasteiger partial charge on any atom is 0.257 e. The van der Waals surface area contributed by atoms with E-state index < -0.39 is 0 Å². The Balaban J connectivity index is 2.30. The highest BCUT2D eigenvalue weighted by Crippen LogP contribution is 2.29. The van der Waals surface area contributed by atoms with E-state index >= 15 is 0 Å². The second kappa shape index (κ2) is 6.19. The van der Waals surface area contributed by atoms with E-state index in [4.69, 9.17) is 10.5 Å². The summed E-state index contributed by atoms with van der Waals surface area (Å²) in [7, 11) is 0. The molecule has 2 rings (SSSR count). The lowest BCUT2D eigenvalue weighted by Gasteiger charge is -2.33. The van der Waals surface area contributed by atoms with Crippen molar-refractivity contribution in [1.29, 1.82) is 0 Å². The van der Waals surface area contributed by atoms with Crippen molar-refractivity contribution in [3.63, 3.8) is 0 Å². The minimum absolute atomic E-state index is 0.0172. The van der Waals surface area contributed by atoms with E-state index in [1.165, 1.54) is 0 Å². The van der Waals surface area contributed by atoms with Gasteiger partial charge >= 0.3 is 0 Å². The van der Waals surface area contributed by atoms with Gasteiger partial charge in [-0.2, -0.15) is 11.8 Å². The third kappa shape index (κ3) is 2.97. The summed E-state index contributed by atoms with van der Waals surface area (Å²) in [5.41, 5.74) is 7.00. The van der Waals surface area contributed by atoms with E-state index in [2.05, 4.69) is 6.92 Å². The van der Waals surface area contributed by atoms with Crippen LogP contribution in [0.2, 0.25) is 0 Å². The second-order valence-electron chi connectivity index (χ2n) is 4.58. The fraction of sp³-hybridized carbons (Fsp3) is 0.500. The fourth-order valence-corrected chi connectivity index (χ4v) is 3.23. The van der Waals surface area contributed by atoms with Crippen LogP contribution in [0.5, 0.6) is 5.75 Å². The highest BCUT2D eigenvalue weighted by atomic mass is 32.2. The molecule has 1 saturated heterocycles. The van der Waals surface area contributed by atoms with Gasteiger partial charge in [-0.25, -0.2) is 0 Å². The van der Waals surface area contributed by atoms with E-state index in [9.17, 15) is 4.79 Å². The number of nitrogens with zero attached hydrogens (tertiary/aromatic N) is 1. The van der Waals surface area contributed by atoms with E-state index in [1.54, 1.807) is 18.2 Å². The van der Waals surface area contributed by atoms with Gasteiger partial charge in [-0.05, 0) is 26.0 Å². The molecular formula is C14H20N2O2S. The molecule has 0 aliphatic carbocycles. The Morgan fingerprint density at radius 2 is 2.37 bits per heavy atom. The molecule has 104 valence electrons. The van der Waals surface area contributed by atoms with Crippen LogP contribution in [0.25, 0.3) is 0 Å². The second-order valence-corrected chi connectivity index (χ2v) is 5.73. The Morgan fingerprint density at radius 1 is 1.58 bits per heavy atom. The summed E-state index contributed by atoms with van der Waals surface area (Å²) in [6.07, 6.45) is 0. The van der Waals surface area contributed by atoms with Crippen molar-refractivity contribution in [1.82, 2.24) is 4.90 Å². The Morgan fingerprint density at radius 3 is 3.05 bits per heavy atom. The number of hydrogen-bond acceptors (Lipinski definition) is 4. The van der Waals surface area contributed by atoms with Gasteiger partial charge in [-0.3, -0.25) is 4.79 Å². The van der Waals surface area contributed by atoms with Crippen LogP contribution < -0.4 is 10.5 Å². The van der Waals surface area contributed by atoms with Crippen molar-refractivity contribution in [2.45, 2.75) is 19.9 Å². The molecular weight excluding hydrogens is 260 g/mol. The Bertz CT molecular complexity index is 465. The smallest absolute Gasteiger partial charge is 0.257 e. The molecule has 0 saturated carbocycles. The van der Waals surface area contributed by atoms with E-state index in [1.807, 2.05) is 23.6 Å². The van der Waals surface area contributed by atoms with Gasteiger partial charge in [0.15, 0.2) is 5.75 Å². The summed E-state index contributed by atoms with van der Waals surface area (Å²) in [6, 6.07) is 5.60. The first-order chi connectivity index (χ1) is 9.15. The zero-order valence-corrected chi connectivity index (χ0v) is 12.2. The highest BCUT2D eigenvalue weighted by Gasteiger charge is 2.27.